The van der Waals surface area contributed by atoms with Gasteiger partial charge in [-0.15, -0.1) is 0 Å². The molecule has 2 amide bonds. The van der Waals surface area contributed by atoms with Crippen molar-refractivity contribution in [2.75, 3.05) is 14.1 Å². The van der Waals surface area contributed by atoms with Crippen LogP contribution in [-0.2, 0) is 14.4 Å². The largest absolute Gasteiger partial charge is 0.480 e. The average Bonchev–Trinajstić information content (AvgIpc) is 2.11. The zero-order chi connectivity index (χ0) is 11.3. The molecule has 0 aliphatic carbocycles. The Morgan fingerprint density at radius 1 is 1.36 bits per heavy atom. The third-order valence-electron chi connectivity index (χ3n) is 1.61. The van der Waals surface area contributed by atoms with Gasteiger partial charge in [0.05, 0.1) is 0 Å². The number of hydrogen-bond donors (Lipinski definition) is 2. The van der Waals surface area contributed by atoms with E-state index in [0.29, 0.717) is 0 Å². The maximum absolute atomic E-state index is 11.1. The van der Waals surface area contributed by atoms with Crippen LogP contribution in [0.2, 0.25) is 0 Å². The lowest BCUT2D eigenvalue weighted by molar-refractivity contribution is -0.147. The van der Waals surface area contributed by atoms with Gasteiger partial charge in [-0.2, -0.15) is 0 Å². The summed E-state index contributed by atoms with van der Waals surface area (Å²) in [5.74, 6) is -2.80. The monoisotopic (exact) mass is 202 g/mol. The maximum Gasteiger partial charge on any atom is 0.326 e. The fraction of sp³-hybridized carbons (Fsp3) is 0.625. The highest BCUT2D eigenvalue weighted by Crippen LogP contribution is 1.91. The lowest BCUT2D eigenvalue weighted by Gasteiger charge is -2.14. The van der Waals surface area contributed by atoms with Crippen molar-refractivity contribution in [2.24, 2.45) is 0 Å². The Morgan fingerprint density at radius 3 is 2.14 bits per heavy atom. The summed E-state index contributed by atoms with van der Waals surface area (Å²) in [6.07, 6.45) is 0.238. The fourth-order valence-corrected chi connectivity index (χ4v) is 0.761. The molecule has 6 nitrogen and oxygen atoms in total. The normalized spacial score (nSPS) is 11.6. The molecular formula is C8H14N2O4. The standard InChI is InChI=1S/C8H14N2O4/c1-4-5(8(13)14)9-6(11)7(12)10(2)3/h5H,4H2,1-3H3,(H,9,11)(H,13,14). The molecule has 0 aliphatic rings. The number of carboxylic acids is 1. The topological polar surface area (TPSA) is 86.7 Å². The first kappa shape index (κ1) is 12.4. The van der Waals surface area contributed by atoms with Crippen LogP contribution in [0.5, 0.6) is 0 Å². The Balaban J connectivity index is 4.30. The van der Waals surface area contributed by atoms with E-state index >= 15 is 0 Å². The van der Waals surface area contributed by atoms with Crippen molar-refractivity contribution in [2.45, 2.75) is 19.4 Å². The third kappa shape index (κ3) is 3.42. The summed E-state index contributed by atoms with van der Waals surface area (Å²) in [6, 6.07) is -1.01. The fourth-order valence-electron chi connectivity index (χ4n) is 0.761. The number of hydrogen-bond acceptors (Lipinski definition) is 3. The SMILES string of the molecule is CCC(NC(=O)C(=O)N(C)C)C(=O)O. The van der Waals surface area contributed by atoms with Crippen molar-refractivity contribution < 1.29 is 19.5 Å². The van der Waals surface area contributed by atoms with Gasteiger partial charge in [-0.1, -0.05) is 6.92 Å². The van der Waals surface area contributed by atoms with Gasteiger partial charge >= 0.3 is 17.8 Å². The van der Waals surface area contributed by atoms with Gasteiger partial charge in [0.25, 0.3) is 0 Å². The molecule has 0 aromatic heterocycles. The van der Waals surface area contributed by atoms with Gasteiger partial charge in [-0.25, -0.2) is 4.79 Å². The van der Waals surface area contributed by atoms with Crippen molar-refractivity contribution in [1.29, 1.82) is 0 Å². The maximum atomic E-state index is 11.1. The van der Waals surface area contributed by atoms with Crippen LogP contribution < -0.4 is 5.32 Å². The Morgan fingerprint density at radius 2 is 1.86 bits per heavy atom. The summed E-state index contributed by atoms with van der Waals surface area (Å²) in [4.78, 5) is 33.7. The molecule has 0 aromatic rings. The molecule has 1 unspecified atom stereocenters. The van der Waals surface area contributed by atoms with Gasteiger partial charge in [-0.3, -0.25) is 9.59 Å². The number of nitrogens with zero attached hydrogens (tertiary/aromatic N) is 1. The molecule has 0 saturated carbocycles. The molecule has 6 heteroatoms. The van der Waals surface area contributed by atoms with Crippen LogP contribution in [0.15, 0.2) is 0 Å². The highest BCUT2D eigenvalue weighted by atomic mass is 16.4. The van der Waals surface area contributed by atoms with E-state index in [-0.39, 0.29) is 6.42 Å². The quantitative estimate of drug-likeness (QED) is 0.578. The summed E-state index contributed by atoms with van der Waals surface area (Å²) in [5, 5.41) is 10.7. The zero-order valence-corrected chi connectivity index (χ0v) is 8.40. The molecule has 0 aromatic carbocycles. The second-order valence-electron chi connectivity index (χ2n) is 2.97. The van der Waals surface area contributed by atoms with Gasteiger partial charge in [0, 0.05) is 14.1 Å². The molecule has 2 N–H and O–H groups in total. The first-order chi connectivity index (χ1) is 6.40. The third-order valence-corrected chi connectivity index (χ3v) is 1.61. The van der Waals surface area contributed by atoms with Crippen molar-refractivity contribution in [3.63, 3.8) is 0 Å². The summed E-state index contributed by atoms with van der Waals surface area (Å²) in [7, 11) is 2.84. The van der Waals surface area contributed by atoms with E-state index in [4.69, 9.17) is 5.11 Å². The van der Waals surface area contributed by atoms with Crippen LogP contribution in [0.1, 0.15) is 13.3 Å². The highest BCUT2D eigenvalue weighted by molar-refractivity contribution is 6.35. The Hall–Kier alpha value is -1.59. The van der Waals surface area contributed by atoms with E-state index in [1.165, 1.54) is 14.1 Å². The zero-order valence-electron chi connectivity index (χ0n) is 8.40. The second kappa shape index (κ2) is 5.21. The van der Waals surface area contributed by atoms with Gasteiger partial charge in [0.2, 0.25) is 0 Å². The Kier molecular flexibility index (Phi) is 4.62. The predicted molar refractivity (Wildman–Crippen MR) is 48.6 cm³/mol. The van der Waals surface area contributed by atoms with Crippen molar-refractivity contribution in [1.82, 2.24) is 10.2 Å². The number of amides is 2. The molecule has 0 heterocycles. The van der Waals surface area contributed by atoms with Crippen LogP contribution >= 0.6 is 0 Å². The highest BCUT2D eigenvalue weighted by Gasteiger charge is 2.22. The lowest BCUT2D eigenvalue weighted by Crippen LogP contribution is -2.47. The molecule has 0 fully saturated rings. The molecule has 0 rings (SSSR count). The molecule has 0 spiro atoms. The lowest BCUT2D eigenvalue weighted by atomic mass is 10.2. The number of carbonyl (C=O) groups excluding carboxylic acids is 2. The van der Waals surface area contributed by atoms with Gasteiger partial charge < -0.3 is 15.3 Å². The number of carbonyl (C=O) groups is 3. The summed E-state index contributed by atoms with van der Waals surface area (Å²) in [6.45, 7) is 1.61. The summed E-state index contributed by atoms with van der Waals surface area (Å²) >= 11 is 0. The predicted octanol–water partition coefficient (Wildman–Crippen LogP) is -0.946. The number of nitrogens with one attached hydrogen (secondary N) is 1. The van der Waals surface area contributed by atoms with Crippen molar-refractivity contribution >= 4 is 17.8 Å². The van der Waals surface area contributed by atoms with E-state index in [9.17, 15) is 14.4 Å². The van der Waals surface area contributed by atoms with E-state index in [0.717, 1.165) is 4.90 Å². The van der Waals surface area contributed by atoms with Crippen LogP contribution in [0.4, 0.5) is 0 Å². The number of carboxylic acid groups (broad SMARTS) is 1. The Labute approximate surface area is 81.9 Å². The molecule has 0 aliphatic heterocycles. The van der Waals surface area contributed by atoms with Crippen molar-refractivity contribution in [3.8, 4) is 0 Å². The van der Waals surface area contributed by atoms with Gasteiger partial charge in [0.15, 0.2) is 0 Å². The minimum atomic E-state index is -1.15. The van der Waals surface area contributed by atoms with E-state index in [1.54, 1.807) is 6.92 Å². The molecule has 1 atom stereocenters. The second-order valence-corrected chi connectivity index (χ2v) is 2.97. The van der Waals surface area contributed by atoms with Gasteiger partial charge in [0.1, 0.15) is 6.04 Å². The summed E-state index contributed by atoms with van der Waals surface area (Å²) < 4.78 is 0. The minimum Gasteiger partial charge on any atom is -0.480 e. The summed E-state index contributed by atoms with van der Waals surface area (Å²) in [5.41, 5.74) is 0. The Bertz CT molecular complexity index is 250. The minimum absolute atomic E-state index is 0.238. The first-order valence-electron chi connectivity index (χ1n) is 4.15. The number of rotatable bonds is 3. The number of aliphatic carboxylic acids is 1. The van der Waals surface area contributed by atoms with Crippen molar-refractivity contribution in [3.05, 3.63) is 0 Å². The molecular weight excluding hydrogens is 188 g/mol. The van der Waals surface area contributed by atoms with E-state index in [2.05, 4.69) is 5.32 Å². The molecule has 0 radical (unpaired) electrons. The van der Waals surface area contributed by atoms with E-state index < -0.39 is 23.8 Å². The molecule has 80 valence electrons. The van der Waals surface area contributed by atoms with E-state index in [1.807, 2.05) is 0 Å². The molecule has 14 heavy (non-hydrogen) atoms. The molecule has 0 saturated heterocycles. The van der Waals surface area contributed by atoms with Crippen LogP contribution in [0.3, 0.4) is 0 Å². The smallest absolute Gasteiger partial charge is 0.326 e. The average molecular weight is 202 g/mol. The number of likely N-dealkylation sites (N-methyl/N-ethyl adjacent to an activating group) is 1. The van der Waals surface area contributed by atoms with Crippen LogP contribution in [0, 0.1) is 0 Å². The first-order valence-corrected chi connectivity index (χ1v) is 4.15. The van der Waals surface area contributed by atoms with Crippen LogP contribution in [0.25, 0.3) is 0 Å². The van der Waals surface area contributed by atoms with Gasteiger partial charge in [-0.05, 0) is 6.42 Å². The molecule has 0 bridgehead atoms. The van der Waals surface area contributed by atoms with Crippen LogP contribution in [-0.4, -0.2) is 47.9 Å².